The van der Waals surface area contributed by atoms with Crippen LogP contribution < -0.4 is 0 Å². The van der Waals surface area contributed by atoms with Crippen molar-refractivity contribution in [1.82, 2.24) is 9.80 Å². The lowest BCUT2D eigenvalue weighted by atomic mass is 9.95. The zero-order valence-electron chi connectivity index (χ0n) is 11.6. The van der Waals surface area contributed by atoms with E-state index in [9.17, 15) is 4.79 Å². The maximum absolute atomic E-state index is 11.7. The number of aliphatic hydroxyl groups excluding tert-OH is 1. The molecule has 0 atom stereocenters. The molecule has 1 amide bonds. The van der Waals surface area contributed by atoms with Crippen molar-refractivity contribution in [3.8, 4) is 0 Å². The number of rotatable bonds is 3. The Labute approximate surface area is 109 Å². The van der Waals surface area contributed by atoms with E-state index in [0.29, 0.717) is 18.4 Å². The Balaban J connectivity index is 1.61. The molecule has 2 saturated heterocycles. The highest BCUT2D eigenvalue weighted by Gasteiger charge is 2.36. The summed E-state index contributed by atoms with van der Waals surface area (Å²) in [5, 5.41) is 8.94. The van der Waals surface area contributed by atoms with E-state index in [0.717, 1.165) is 32.7 Å². The summed E-state index contributed by atoms with van der Waals surface area (Å²) in [6.45, 7) is 10.6. The first-order chi connectivity index (χ1) is 8.37. The summed E-state index contributed by atoms with van der Waals surface area (Å²) in [4.78, 5) is 15.8. The van der Waals surface area contributed by atoms with Gasteiger partial charge in [-0.1, -0.05) is 0 Å². The van der Waals surface area contributed by atoms with E-state index in [1.807, 2.05) is 20.8 Å². The van der Waals surface area contributed by atoms with Crippen LogP contribution in [0.3, 0.4) is 0 Å². The molecule has 0 aliphatic carbocycles. The molecule has 0 bridgehead atoms. The van der Waals surface area contributed by atoms with Crippen LogP contribution in [0.5, 0.6) is 0 Å². The summed E-state index contributed by atoms with van der Waals surface area (Å²) in [5.74, 6) is 1.03. The number of nitrogens with zero attached hydrogens (tertiary/aromatic N) is 2. The predicted octanol–water partition coefficient (Wildman–Crippen LogP) is 0.777. The molecule has 2 heterocycles. The van der Waals surface area contributed by atoms with Crippen LogP contribution in [0.1, 0.15) is 20.8 Å². The van der Waals surface area contributed by atoms with Gasteiger partial charge >= 0.3 is 6.09 Å². The highest BCUT2D eigenvalue weighted by atomic mass is 16.6. The van der Waals surface area contributed by atoms with Crippen molar-refractivity contribution >= 4 is 6.09 Å². The molecule has 5 heteroatoms. The van der Waals surface area contributed by atoms with Crippen molar-refractivity contribution in [1.29, 1.82) is 0 Å². The molecule has 18 heavy (non-hydrogen) atoms. The highest BCUT2D eigenvalue weighted by molar-refractivity contribution is 5.69. The molecular formula is C13H24N2O3. The largest absolute Gasteiger partial charge is 0.444 e. The molecule has 5 nitrogen and oxygen atoms in total. The lowest BCUT2D eigenvalue weighted by molar-refractivity contribution is -0.0204. The van der Waals surface area contributed by atoms with Crippen LogP contribution in [0.2, 0.25) is 0 Å². The summed E-state index contributed by atoms with van der Waals surface area (Å²) < 4.78 is 5.31. The van der Waals surface area contributed by atoms with Gasteiger partial charge in [0.2, 0.25) is 0 Å². The second kappa shape index (κ2) is 5.05. The summed E-state index contributed by atoms with van der Waals surface area (Å²) in [5.41, 5.74) is -0.409. The average Bonchev–Trinajstić information content (AvgIpc) is 2.09. The Bertz CT molecular complexity index is 302. The minimum atomic E-state index is -0.409. The average molecular weight is 256 g/mol. The summed E-state index contributed by atoms with van der Waals surface area (Å²) >= 11 is 0. The van der Waals surface area contributed by atoms with Crippen molar-refractivity contribution in [2.75, 3.05) is 39.3 Å². The number of aliphatic hydroxyl groups is 1. The Morgan fingerprint density at radius 2 is 1.83 bits per heavy atom. The van der Waals surface area contributed by atoms with Crippen molar-refractivity contribution in [3.05, 3.63) is 0 Å². The maximum Gasteiger partial charge on any atom is 0.410 e. The standard InChI is InChI=1S/C13H24N2O3/c1-13(2,3)18-12(17)15-7-10(8-15)4-14-5-11(6-14)9-16/h10-11,16H,4-9H2,1-3H3. The van der Waals surface area contributed by atoms with Crippen molar-refractivity contribution in [3.63, 3.8) is 0 Å². The van der Waals surface area contributed by atoms with Gasteiger partial charge in [-0.3, -0.25) is 0 Å². The highest BCUT2D eigenvalue weighted by Crippen LogP contribution is 2.23. The monoisotopic (exact) mass is 256 g/mol. The summed E-state index contributed by atoms with van der Waals surface area (Å²) in [6, 6.07) is 0. The third-order valence-corrected chi connectivity index (χ3v) is 3.42. The van der Waals surface area contributed by atoms with Crippen LogP contribution in [0.25, 0.3) is 0 Å². The lowest BCUT2D eigenvalue weighted by Gasteiger charge is -2.46. The van der Waals surface area contributed by atoms with Gasteiger partial charge < -0.3 is 19.6 Å². The fraction of sp³-hybridized carbons (Fsp3) is 0.923. The van der Waals surface area contributed by atoms with Crippen LogP contribution in [0.4, 0.5) is 4.79 Å². The number of amides is 1. The zero-order chi connectivity index (χ0) is 13.3. The van der Waals surface area contributed by atoms with E-state index in [1.165, 1.54) is 0 Å². The maximum atomic E-state index is 11.7. The topological polar surface area (TPSA) is 53.0 Å². The zero-order valence-corrected chi connectivity index (χ0v) is 11.6. The molecule has 1 N–H and O–H groups in total. The molecule has 0 spiro atoms. The third kappa shape index (κ3) is 3.36. The molecule has 0 aromatic heterocycles. The Morgan fingerprint density at radius 3 is 2.33 bits per heavy atom. The van der Waals surface area contributed by atoms with Crippen molar-refractivity contribution in [2.45, 2.75) is 26.4 Å². The van der Waals surface area contributed by atoms with E-state index in [2.05, 4.69) is 4.90 Å². The molecule has 2 aliphatic rings. The molecule has 0 unspecified atom stereocenters. The number of hydrogen-bond donors (Lipinski definition) is 1. The van der Waals surface area contributed by atoms with Gasteiger partial charge in [-0.15, -0.1) is 0 Å². The molecule has 0 aromatic rings. The van der Waals surface area contributed by atoms with Crippen LogP contribution in [0.15, 0.2) is 0 Å². The number of carbonyl (C=O) groups is 1. The first kappa shape index (κ1) is 13.6. The van der Waals surface area contributed by atoms with Gasteiger partial charge in [-0.25, -0.2) is 4.79 Å². The van der Waals surface area contributed by atoms with E-state index < -0.39 is 5.60 Å². The minimum absolute atomic E-state index is 0.199. The van der Waals surface area contributed by atoms with Gasteiger partial charge in [-0.05, 0) is 20.8 Å². The van der Waals surface area contributed by atoms with Gasteiger partial charge in [0, 0.05) is 51.2 Å². The summed E-state index contributed by atoms with van der Waals surface area (Å²) in [6.07, 6.45) is -0.199. The van der Waals surface area contributed by atoms with Crippen LogP contribution in [0, 0.1) is 11.8 Å². The van der Waals surface area contributed by atoms with Crippen molar-refractivity contribution < 1.29 is 14.6 Å². The Morgan fingerprint density at radius 1 is 1.22 bits per heavy atom. The Kier molecular flexibility index (Phi) is 3.82. The predicted molar refractivity (Wildman–Crippen MR) is 68.3 cm³/mol. The summed E-state index contributed by atoms with van der Waals surface area (Å²) in [7, 11) is 0. The fourth-order valence-electron chi connectivity index (χ4n) is 2.47. The first-order valence-corrected chi connectivity index (χ1v) is 6.68. The molecular weight excluding hydrogens is 232 g/mol. The van der Waals surface area contributed by atoms with E-state index in [4.69, 9.17) is 9.84 Å². The second-order valence-corrected chi connectivity index (χ2v) is 6.52. The number of carbonyl (C=O) groups excluding carboxylic acids is 1. The molecule has 2 fully saturated rings. The first-order valence-electron chi connectivity index (χ1n) is 6.68. The van der Waals surface area contributed by atoms with Gasteiger partial charge in [0.25, 0.3) is 0 Å². The number of ether oxygens (including phenoxy) is 1. The third-order valence-electron chi connectivity index (χ3n) is 3.42. The SMILES string of the molecule is CC(C)(C)OC(=O)N1CC(CN2CC(CO)C2)C1. The normalized spacial score (nSPS) is 22.6. The van der Waals surface area contributed by atoms with Gasteiger partial charge in [0.15, 0.2) is 0 Å². The lowest BCUT2D eigenvalue weighted by Crippen LogP contribution is -2.58. The quantitative estimate of drug-likeness (QED) is 0.810. The van der Waals surface area contributed by atoms with E-state index in [1.54, 1.807) is 4.90 Å². The van der Waals surface area contributed by atoms with E-state index in [-0.39, 0.29) is 6.09 Å². The molecule has 104 valence electrons. The molecule has 2 aliphatic heterocycles. The molecule has 0 radical (unpaired) electrons. The van der Waals surface area contributed by atoms with Gasteiger partial charge in [-0.2, -0.15) is 0 Å². The Hall–Kier alpha value is -0.810. The van der Waals surface area contributed by atoms with E-state index >= 15 is 0 Å². The molecule has 0 aromatic carbocycles. The fourth-order valence-corrected chi connectivity index (χ4v) is 2.47. The smallest absolute Gasteiger partial charge is 0.410 e. The van der Waals surface area contributed by atoms with Gasteiger partial charge in [0.1, 0.15) is 5.60 Å². The van der Waals surface area contributed by atoms with Crippen molar-refractivity contribution in [2.24, 2.45) is 11.8 Å². The second-order valence-electron chi connectivity index (χ2n) is 6.52. The number of hydrogen-bond acceptors (Lipinski definition) is 4. The van der Waals surface area contributed by atoms with Crippen LogP contribution in [-0.2, 0) is 4.74 Å². The molecule has 2 rings (SSSR count). The van der Waals surface area contributed by atoms with Crippen LogP contribution in [-0.4, -0.2) is 65.9 Å². The minimum Gasteiger partial charge on any atom is -0.444 e. The molecule has 0 saturated carbocycles. The van der Waals surface area contributed by atoms with Crippen LogP contribution >= 0.6 is 0 Å². The number of likely N-dealkylation sites (tertiary alicyclic amines) is 2. The van der Waals surface area contributed by atoms with Gasteiger partial charge in [0.05, 0.1) is 0 Å².